The Morgan fingerprint density at radius 3 is 2.61 bits per heavy atom. The van der Waals surface area contributed by atoms with Gasteiger partial charge in [0.25, 0.3) is 0 Å². The van der Waals surface area contributed by atoms with E-state index >= 15 is 0 Å². The molecule has 240 valence electrons. The van der Waals surface area contributed by atoms with E-state index in [4.69, 9.17) is 21.1 Å². The minimum atomic E-state index is -0.448. The monoisotopic (exact) mass is 625 g/mol. The second-order valence-corrected chi connectivity index (χ2v) is 12.1. The van der Waals surface area contributed by atoms with Gasteiger partial charge in [-0.15, -0.1) is 0 Å². The van der Waals surface area contributed by atoms with Crippen molar-refractivity contribution in [1.82, 2.24) is 24.7 Å². The molecule has 0 saturated carbocycles. The van der Waals surface area contributed by atoms with E-state index in [-0.39, 0.29) is 30.8 Å². The molecule has 1 fully saturated rings. The fraction of sp³-hybridized carbons (Fsp3) is 0.559. The van der Waals surface area contributed by atoms with Crippen molar-refractivity contribution in [1.29, 1.82) is 0 Å². The average Bonchev–Trinajstić information content (AvgIpc) is 3.47. The predicted molar refractivity (Wildman–Crippen MR) is 174 cm³/mol. The number of benzene rings is 1. The maximum absolute atomic E-state index is 13.0. The molecule has 1 saturated heterocycles. The molecule has 3 unspecified atom stereocenters. The number of amides is 2. The van der Waals surface area contributed by atoms with Crippen molar-refractivity contribution in [3.63, 3.8) is 0 Å². The molecule has 0 radical (unpaired) electrons. The van der Waals surface area contributed by atoms with Gasteiger partial charge < -0.3 is 24.3 Å². The van der Waals surface area contributed by atoms with Crippen molar-refractivity contribution in [3.8, 4) is 0 Å². The summed E-state index contributed by atoms with van der Waals surface area (Å²) < 4.78 is 12.9. The van der Waals surface area contributed by atoms with Crippen LogP contribution in [0.1, 0.15) is 88.2 Å². The molecular weight excluding hydrogens is 578 g/mol. The third-order valence-corrected chi connectivity index (χ3v) is 9.00. The molecule has 44 heavy (non-hydrogen) atoms. The maximum atomic E-state index is 13.0. The predicted octanol–water partition coefficient (Wildman–Crippen LogP) is 6.47. The summed E-state index contributed by atoms with van der Waals surface area (Å²) in [5, 5.41) is 3.84. The molecule has 4 rings (SSSR count). The smallest absolute Gasteiger partial charge is 0.410 e. The third kappa shape index (κ3) is 8.31. The van der Waals surface area contributed by atoms with Gasteiger partial charge in [-0.3, -0.25) is 9.69 Å². The molecule has 0 spiro atoms. The number of methoxy groups -OCH3 is 1. The molecule has 0 bridgehead atoms. The summed E-state index contributed by atoms with van der Waals surface area (Å²) in [4.78, 5) is 34.6. The number of hydrogen-bond donors (Lipinski definition) is 1. The van der Waals surface area contributed by atoms with Gasteiger partial charge >= 0.3 is 6.09 Å². The van der Waals surface area contributed by atoms with Crippen LogP contribution in [0.4, 0.5) is 4.79 Å². The number of carbonyl (C=O) groups excluding carboxylic acids is 2. The maximum Gasteiger partial charge on any atom is 0.410 e. The molecule has 3 atom stereocenters. The van der Waals surface area contributed by atoms with Gasteiger partial charge in [0.05, 0.1) is 24.3 Å². The van der Waals surface area contributed by atoms with Crippen molar-refractivity contribution < 1.29 is 19.1 Å². The van der Waals surface area contributed by atoms with Crippen LogP contribution in [0.25, 0.3) is 5.57 Å². The highest BCUT2D eigenvalue weighted by Gasteiger charge is 2.33. The Bertz CT molecular complexity index is 1330. The zero-order valence-electron chi connectivity index (χ0n) is 26.9. The average molecular weight is 626 g/mol. The Morgan fingerprint density at radius 2 is 1.98 bits per heavy atom. The number of aryl methyl sites for hydroxylation is 1. The van der Waals surface area contributed by atoms with Crippen molar-refractivity contribution in [3.05, 3.63) is 70.3 Å². The lowest BCUT2D eigenvalue weighted by Crippen LogP contribution is -2.50. The van der Waals surface area contributed by atoms with E-state index in [0.29, 0.717) is 18.1 Å². The first-order valence-electron chi connectivity index (χ1n) is 15.9. The molecule has 1 aliphatic carbocycles. The Kier molecular flexibility index (Phi) is 12.5. The van der Waals surface area contributed by atoms with Crippen LogP contribution in [-0.2, 0) is 21.3 Å². The minimum absolute atomic E-state index is 0.0317. The molecular formula is C34H48ClN5O4. The summed E-state index contributed by atoms with van der Waals surface area (Å²) in [6, 6.07) is 5.72. The highest BCUT2D eigenvalue weighted by Crippen LogP contribution is 2.41. The van der Waals surface area contributed by atoms with Crippen molar-refractivity contribution in [2.75, 3.05) is 39.9 Å². The number of piperazine rings is 1. The summed E-state index contributed by atoms with van der Waals surface area (Å²) in [6.45, 7) is 8.93. The number of carbonyl (C=O) groups is 2. The first kappa shape index (κ1) is 33.7. The highest BCUT2D eigenvalue weighted by molar-refractivity contribution is 6.30. The van der Waals surface area contributed by atoms with Gasteiger partial charge in [0.2, 0.25) is 5.91 Å². The van der Waals surface area contributed by atoms with Crippen molar-refractivity contribution in [2.24, 2.45) is 7.05 Å². The van der Waals surface area contributed by atoms with Crippen LogP contribution in [0, 0.1) is 0 Å². The van der Waals surface area contributed by atoms with Gasteiger partial charge in [0.1, 0.15) is 12.7 Å². The molecule has 2 amide bonds. The molecule has 2 heterocycles. The number of hydrogen-bond acceptors (Lipinski definition) is 6. The number of imidazole rings is 1. The fourth-order valence-corrected chi connectivity index (χ4v) is 6.48. The van der Waals surface area contributed by atoms with Crippen LogP contribution in [0.15, 0.2) is 48.4 Å². The van der Waals surface area contributed by atoms with E-state index in [1.807, 2.05) is 28.6 Å². The van der Waals surface area contributed by atoms with Gasteiger partial charge in [-0.1, -0.05) is 55.7 Å². The van der Waals surface area contributed by atoms with Crippen LogP contribution < -0.4 is 5.32 Å². The topological polar surface area (TPSA) is 88.9 Å². The number of ether oxygens (including phenoxy) is 2. The Balaban J connectivity index is 1.69. The Morgan fingerprint density at radius 1 is 1.20 bits per heavy atom. The van der Waals surface area contributed by atoms with Gasteiger partial charge in [-0.2, -0.15) is 0 Å². The largest absolute Gasteiger partial charge is 0.446 e. The SMILES string of the molecule is C/C=C1/CC/C=C(/C(NC(=O)COC)c2cncn2C)c2cc(Cl)ccc2C(N2CCN(C(=O)OC(CC)CCC)CC2)C1. The van der Waals surface area contributed by atoms with E-state index in [9.17, 15) is 9.59 Å². The standard InChI is InChI=1S/C34H48ClN5O4/c1-6-10-26(8-3)44-34(42)40-17-15-39(16-18-40)30-19-24(7-2)11-9-12-28(29-20-25(35)13-14-27(29)30)33(37-32(41)22-43-5)31-21-36-23-38(31)4/h7,12-14,20-21,23,26,30,33H,6,8-11,15-19,22H2,1-5H3,(H,37,41)/b24-7-,28-12+. The molecule has 1 aromatic heterocycles. The summed E-state index contributed by atoms with van der Waals surface area (Å²) in [5.41, 5.74) is 5.40. The van der Waals surface area contributed by atoms with Gasteiger partial charge in [-0.25, -0.2) is 9.78 Å². The van der Waals surface area contributed by atoms with E-state index in [2.05, 4.69) is 54.2 Å². The highest BCUT2D eigenvalue weighted by atomic mass is 35.5. The summed E-state index contributed by atoms with van der Waals surface area (Å²) in [6.07, 6.45) is 13.1. The van der Waals surface area contributed by atoms with Crippen LogP contribution in [-0.4, -0.2) is 77.4 Å². The van der Waals surface area contributed by atoms with E-state index in [0.717, 1.165) is 74.0 Å². The van der Waals surface area contributed by atoms with E-state index in [1.165, 1.54) is 12.7 Å². The molecule has 1 N–H and O–H groups in total. The number of allylic oxidation sites excluding steroid dienone is 2. The zero-order valence-corrected chi connectivity index (χ0v) is 27.6. The lowest BCUT2D eigenvalue weighted by molar-refractivity contribution is -0.125. The van der Waals surface area contributed by atoms with Gasteiger partial charge in [0, 0.05) is 51.4 Å². The number of halogens is 1. The fourth-order valence-electron chi connectivity index (χ4n) is 6.31. The molecule has 2 aliphatic rings. The second kappa shape index (κ2) is 16.3. The molecule has 1 aromatic carbocycles. The first-order chi connectivity index (χ1) is 21.3. The van der Waals surface area contributed by atoms with E-state index < -0.39 is 6.04 Å². The minimum Gasteiger partial charge on any atom is -0.446 e. The molecule has 10 heteroatoms. The van der Waals surface area contributed by atoms with Crippen molar-refractivity contribution in [2.45, 2.75) is 77.5 Å². The van der Waals surface area contributed by atoms with Crippen LogP contribution in [0.5, 0.6) is 0 Å². The molecule has 9 nitrogen and oxygen atoms in total. The third-order valence-electron chi connectivity index (χ3n) is 8.77. The summed E-state index contributed by atoms with van der Waals surface area (Å²) in [7, 11) is 3.45. The van der Waals surface area contributed by atoms with Crippen LogP contribution in [0.2, 0.25) is 5.02 Å². The van der Waals surface area contributed by atoms with E-state index in [1.54, 1.807) is 12.5 Å². The number of aromatic nitrogens is 2. The second-order valence-electron chi connectivity index (χ2n) is 11.7. The Labute approximate surface area is 267 Å². The van der Waals surface area contributed by atoms with Gasteiger partial charge in [-0.05, 0) is 67.9 Å². The molecule has 2 aromatic rings. The van der Waals surface area contributed by atoms with Crippen LogP contribution >= 0.6 is 11.6 Å². The summed E-state index contributed by atoms with van der Waals surface area (Å²) >= 11 is 6.68. The summed E-state index contributed by atoms with van der Waals surface area (Å²) in [5.74, 6) is -0.207. The first-order valence-corrected chi connectivity index (χ1v) is 16.2. The number of fused-ring (bicyclic) bond motifs is 1. The normalized spacial score (nSPS) is 21.3. The molecule has 1 aliphatic heterocycles. The lowest BCUT2D eigenvalue weighted by Gasteiger charge is -2.40. The zero-order chi connectivity index (χ0) is 31.6. The Hall–Kier alpha value is -3.14. The quantitative estimate of drug-likeness (QED) is 0.305. The van der Waals surface area contributed by atoms with Gasteiger partial charge in [0.15, 0.2) is 0 Å². The lowest BCUT2D eigenvalue weighted by atomic mass is 9.87. The number of rotatable bonds is 10. The van der Waals surface area contributed by atoms with Crippen LogP contribution in [0.3, 0.4) is 0 Å². The number of nitrogens with zero attached hydrogens (tertiary/aromatic N) is 4. The number of nitrogens with one attached hydrogen (secondary N) is 1. The van der Waals surface area contributed by atoms with Crippen molar-refractivity contribution >= 4 is 29.2 Å².